The molecule has 4 aromatic rings. The molecule has 2 aromatic carbocycles. The molecule has 8 amide bonds. The zero-order valence-electron chi connectivity index (χ0n) is 52.7. The average Bonchev–Trinajstić information content (AvgIpc) is 1.66. The van der Waals surface area contributed by atoms with Gasteiger partial charge < -0.3 is 50.8 Å². The molecule has 6 N–H and O–H groups in total. The third kappa shape index (κ3) is 16.2. The highest BCUT2D eigenvalue weighted by molar-refractivity contribution is 7.90. The Bertz CT molecular complexity index is 3870. The number of carbonyl (C=O) groups is 9. The Hall–Kier alpha value is -9.22. The second kappa shape index (κ2) is 29.2. The van der Waals surface area contributed by atoms with Crippen LogP contribution in [0.2, 0.25) is 0 Å². The number of pyridine rings is 1. The molecule has 29 heteroatoms. The molecule has 5 aliphatic rings. The Morgan fingerprint density at radius 1 is 0.935 bits per heavy atom. The molecule has 1 aliphatic carbocycles. The van der Waals surface area contributed by atoms with E-state index < -0.39 is 94.2 Å². The van der Waals surface area contributed by atoms with Gasteiger partial charge in [-0.25, -0.2) is 27.4 Å². The van der Waals surface area contributed by atoms with Gasteiger partial charge in [0.05, 0.1) is 53.6 Å². The molecule has 0 spiro atoms. The van der Waals surface area contributed by atoms with Gasteiger partial charge in [-0.15, -0.1) is 5.10 Å². The molecule has 6 heterocycles. The number of ether oxygens (including phenoxy) is 3. The van der Waals surface area contributed by atoms with Crippen molar-refractivity contribution >= 4 is 85.5 Å². The van der Waals surface area contributed by atoms with Gasteiger partial charge >= 0.3 is 12.1 Å². The quantitative estimate of drug-likeness (QED) is 0.0194. The van der Waals surface area contributed by atoms with Crippen molar-refractivity contribution in [2.75, 3.05) is 50.3 Å². The van der Waals surface area contributed by atoms with Gasteiger partial charge in [-0.1, -0.05) is 51.1 Å². The van der Waals surface area contributed by atoms with Crippen LogP contribution in [0.4, 0.5) is 14.9 Å². The fraction of sp³-hybridized carbons (Fsp3) is 0.469. The van der Waals surface area contributed by atoms with Crippen LogP contribution in [-0.4, -0.2) is 164 Å². The fourth-order valence-electron chi connectivity index (χ4n) is 11.7. The van der Waals surface area contributed by atoms with Crippen LogP contribution in [-0.2, 0) is 95.1 Å². The van der Waals surface area contributed by atoms with E-state index in [1.807, 2.05) is 4.90 Å². The van der Waals surface area contributed by atoms with E-state index in [9.17, 15) is 56.7 Å². The predicted molar refractivity (Wildman–Crippen MR) is 334 cm³/mol. The predicted octanol–water partition coefficient (Wildman–Crippen LogP) is 3.88. The van der Waals surface area contributed by atoms with Crippen LogP contribution in [0.5, 0.6) is 0 Å². The number of hydrogen-bond acceptors (Lipinski definition) is 19. The van der Waals surface area contributed by atoms with E-state index in [4.69, 9.17) is 19.2 Å². The molecule has 4 aliphatic heterocycles. The lowest BCUT2D eigenvalue weighted by Gasteiger charge is -2.39. The van der Waals surface area contributed by atoms with Gasteiger partial charge in [-0.3, -0.25) is 48.0 Å². The molecule has 4 atom stereocenters. The molecule has 0 radical (unpaired) electrons. The number of unbranched alkanes of at least 4 members (excludes halogenated alkanes) is 2. The number of amides is 8. The van der Waals surface area contributed by atoms with E-state index >= 15 is 4.39 Å². The minimum Gasteiger partial charge on any atom is -0.444 e. The lowest BCUT2D eigenvalue weighted by atomic mass is 9.81. The zero-order valence-corrected chi connectivity index (χ0v) is 53.5. The number of esters is 1. The van der Waals surface area contributed by atoms with Gasteiger partial charge in [0, 0.05) is 85.7 Å². The summed E-state index contributed by atoms with van der Waals surface area (Å²) in [6.45, 7) is 11.8. The van der Waals surface area contributed by atoms with E-state index in [0.717, 1.165) is 27.8 Å². The fourth-order valence-corrected chi connectivity index (χ4v) is 12.3. The van der Waals surface area contributed by atoms with Gasteiger partial charge in [0.2, 0.25) is 29.5 Å². The van der Waals surface area contributed by atoms with Crippen LogP contribution in [0.1, 0.15) is 124 Å². The Morgan fingerprint density at radius 2 is 1.67 bits per heavy atom. The number of cyclic esters (lactones) is 1. The monoisotopic (exact) mass is 1300 g/mol. The molecule has 0 bridgehead atoms. The first-order valence-electron chi connectivity index (χ1n) is 30.9. The zero-order chi connectivity index (χ0) is 67.1. The van der Waals surface area contributed by atoms with Crippen molar-refractivity contribution in [3.8, 4) is 0 Å². The first-order chi connectivity index (χ1) is 44.2. The van der Waals surface area contributed by atoms with Crippen molar-refractivity contribution in [1.29, 1.82) is 0 Å². The third-order valence-electron chi connectivity index (χ3n) is 17.0. The molecule has 2 aromatic heterocycles. The van der Waals surface area contributed by atoms with Crippen LogP contribution in [0.3, 0.4) is 0 Å². The van der Waals surface area contributed by atoms with Gasteiger partial charge in [0.15, 0.2) is 0 Å². The van der Waals surface area contributed by atoms with E-state index in [-0.39, 0.29) is 87.0 Å². The number of fused-ring (bicyclic) bond motifs is 4. The molecular weight excluding hydrogens is 1230 g/mol. The Kier molecular flexibility index (Phi) is 21.4. The van der Waals surface area contributed by atoms with Crippen LogP contribution in [0.15, 0.2) is 78.2 Å². The summed E-state index contributed by atoms with van der Waals surface area (Å²) in [4.78, 5) is 125. The van der Waals surface area contributed by atoms with Gasteiger partial charge in [-0.2, -0.15) is 0 Å². The number of rotatable bonds is 29. The number of carbonyl (C=O) groups excluding carboxylic acids is 9. The summed E-state index contributed by atoms with van der Waals surface area (Å²) >= 11 is 0. The smallest absolute Gasteiger partial charge is 0.411 e. The highest BCUT2D eigenvalue weighted by Gasteiger charge is 2.47. The van der Waals surface area contributed by atoms with Crippen molar-refractivity contribution in [2.45, 2.75) is 142 Å². The number of benzene rings is 2. The van der Waals surface area contributed by atoms with Crippen molar-refractivity contribution in [1.82, 2.24) is 55.9 Å². The lowest BCUT2D eigenvalue weighted by Crippen LogP contribution is -2.53. The molecule has 0 unspecified atom stereocenters. The number of nitrogens with zero attached hydrogens (tertiary/aromatic N) is 7. The Morgan fingerprint density at radius 3 is 2.38 bits per heavy atom. The maximum atomic E-state index is 15.5. The normalized spacial score (nSPS) is 17.9. The molecule has 0 fully saturated rings. The number of hydrogen-bond donors (Lipinski definition) is 6. The number of sulfone groups is 1. The number of imide groups is 1. The maximum absolute atomic E-state index is 15.5. The summed E-state index contributed by atoms with van der Waals surface area (Å²) in [6, 6.07) is 5.03. The van der Waals surface area contributed by atoms with E-state index in [2.05, 4.69) is 43.5 Å². The summed E-state index contributed by atoms with van der Waals surface area (Å²) in [6.07, 6.45) is 9.42. The van der Waals surface area contributed by atoms with E-state index in [0.29, 0.717) is 102 Å². The van der Waals surface area contributed by atoms with Crippen molar-refractivity contribution < 1.29 is 75.3 Å². The third-order valence-corrected chi connectivity index (χ3v) is 17.9. The van der Waals surface area contributed by atoms with Crippen molar-refractivity contribution in [2.24, 2.45) is 5.92 Å². The van der Waals surface area contributed by atoms with Crippen LogP contribution in [0.25, 0.3) is 16.6 Å². The number of anilines is 1. The van der Waals surface area contributed by atoms with Gasteiger partial charge in [0.1, 0.15) is 64.7 Å². The number of aliphatic hydroxyl groups is 1. The van der Waals surface area contributed by atoms with E-state index in [1.165, 1.54) is 30.0 Å². The van der Waals surface area contributed by atoms with Crippen LogP contribution in [0, 0.1) is 18.7 Å². The molecule has 496 valence electrons. The summed E-state index contributed by atoms with van der Waals surface area (Å²) in [5.41, 5.74) is 4.57. The Balaban J connectivity index is 0.713. The maximum Gasteiger partial charge on any atom is 0.411 e. The van der Waals surface area contributed by atoms with Crippen LogP contribution >= 0.6 is 0 Å². The minimum absolute atomic E-state index is 0.0543. The highest BCUT2D eigenvalue weighted by Crippen LogP contribution is 2.49. The second-order valence-electron chi connectivity index (χ2n) is 24.1. The van der Waals surface area contributed by atoms with Crippen molar-refractivity contribution in [3.63, 3.8) is 0 Å². The highest BCUT2D eigenvalue weighted by atomic mass is 32.2. The molecule has 93 heavy (non-hydrogen) atoms. The van der Waals surface area contributed by atoms with Crippen LogP contribution < -0.4 is 26.6 Å². The first-order valence-corrected chi connectivity index (χ1v) is 32.9. The molecular formula is C64H77FN12O15S. The van der Waals surface area contributed by atoms with Gasteiger partial charge in [0.25, 0.3) is 11.8 Å². The topological polar surface area (TPSA) is 349 Å². The second-order valence-corrected chi connectivity index (χ2v) is 26.4. The number of aromatic nitrogens is 4. The summed E-state index contributed by atoms with van der Waals surface area (Å²) in [7, 11) is -3.58. The standard InChI is InChI=1S/C64H77FN12O15S/c1-8-64(87)39(6)92-62(85)44-31-75-32-45-57-48(20-19-43-37(4)47(65)28-49(56(43)57)70-59(45)50(75)27-46(44)64)69-53(80)34-90-35-74(25-26-93(7,88)89)63(86)91-33-40-15-17-41(18-16-40)68-60(83)38(5)67-61(84)58(36(2)3)71-52(79)14-12-23-76-30-42(72-73-76)29-66-51(78)13-10-9-11-24-77-54(81)21-22-55(77)82/h15-18,21-22,27-28,30,36,38,48,58,87H,6,8-14,19-20,23-26,29,31-35H2,1-5,7H3,(H,66,78)(H,67,84)(H,68,83)(H,69,80)(H,71,79)/t38-,48-,58-,64+/m0/s1. The molecule has 27 nitrogen and oxygen atoms in total. The minimum atomic E-state index is -3.58. The number of nitrogens with one attached hydrogen (secondary N) is 5. The van der Waals surface area contributed by atoms with Crippen molar-refractivity contribution in [3.05, 3.63) is 123 Å². The Labute approximate surface area is 536 Å². The largest absolute Gasteiger partial charge is 0.444 e. The summed E-state index contributed by atoms with van der Waals surface area (Å²) in [5.74, 6) is -4.84. The lowest BCUT2D eigenvalue weighted by molar-refractivity contribution is -0.140. The number of halogens is 1. The summed E-state index contributed by atoms with van der Waals surface area (Å²) < 4.78 is 58.2. The molecule has 9 rings (SSSR count). The molecule has 0 saturated heterocycles. The number of aryl methyl sites for hydroxylation is 2. The van der Waals surface area contributed by atoms with Gasteiger partial charge in [-0.05, 0) is 98.8 Å². The average molecular weight is 1310 g/mol. The first kappa shape index (κ1) is 68.2. The molecule has 0 saturated carbocycles. The SMILES string of the molecule is C=C1OC(=O)C2=C(C=C3c4nc5cc(F)c(C)c6c5c(c4CN3C2)[C@@H](NC(=O)COCN(CCS(C)(=O)=O)C(=O)OCc2ccc(NC(=O)[C@H](C)NC(=O)[C@@H](NC(=O)CCCn3cc(CNC(=O)CCCCCN4C(=O)C=CC4=O)nn3)C(C)C)cc2)CC6)[C@@]1(O)CC. The van der Waals surface area contributed by atoms with E-state index in [1.54, 1.807) is 68.9 Å². The summed E-state index contributed by atoms with van der Waals surface area (Å²) in [5, 5.41) is 34.5.